The zero-order valence-corrected chi connectivity index (χ0v) is 9.22. The molecule has 90 valence electrons. The van der Waals surface area contributed by atoms with Crippen molar-refractivity contribution in [2.75, 3.05) is 13.7 Å². The monoisotopic (exact) mass is 223 g/mol. The number of nitrogens with two attached hydrogens (primary N) is 1. The second-order valence-corrected chi connectivity index (χ2v) is 4.74. The maximum absolute atomic E-state index is 12.9. The second kappa shape index (κ2) is 3.96. The van der Waals surface area contributed by atoms with Crippen LogP contribution in [0.5, 0.6) is 0 Å². The highest BCUT2D eigenvalue weighted by atomic mass is 19.3. The number of methoxy groups -OCH3 is 1. The Kier molecular flexibility index (Phi) is 3.38. The van der Waals surface area contributed by atoms with Gasteiger partial charge in [0.15, 0.2) is 0 Å². The van der Waals surface area contributed by atoms with Gasteiger partial charge in [-0.3, -0.25) is 0 Å². The molecule has 0 amide bonds. The maximum atomic E-state index is 12.9. The largest absolute Gasteiger partial charge is 0.388 e. The fourth-order valence-corrected chi connectivity index (χ4v) is 2.03. The lowest BCUT2D eigenvalue weighted by atomic mass is 9.71. The van der Waals surface area contributed by atoms with Crippen molar-refractivity contribution in [1.82, 2.24) is 0 Å². The molecule has 3 N–H and O–H groups in total. The van der Waals surface area contributed by atoms with E-state index in [1.54, 1.807) is 6.92 Å². The van der Waals surface area contributed by atoms with E-state index in [1.165, 1.54) is 7.11 Å². The molecule has 0 aromatic rings. The number of alkyl halides is 2. The van der Waals surface area contributed by atoms with Crippen molar-refractivity contribution in [3.05, 3.63) is 0 Å². The van der Waals surface area contributed by atoms with Gasteiger partial charge < -0.3 is 15.6 Å². The van der Waals surface area contributed by atoms with Gasteiger partial charge in [0.25, 0.3) is 0 Å². The average molecular weight is 223 g/mol. The minimum Gasteiger partial charge on any atom is -0.388 e. The molecule has 0 aromatic carbocycles. The molecule has 3 nitrogen and oxygen atoms in total. The number of ether oxygens (including phenoxy) is 1. The van der Waals surface area contributed by atoms with Crippen LogP contribution in [0, 0.1) is 0 Å². The van der Waals surface area contributed by atoms with E-state index >= 15 is 0 Å². The summed E-state index contributed by atoms with van der Waals surface area (Å²) in [5.41, 5.74) is 3.69. The Morgan fingerprint density at radius 1 is 1.33 bits per heavy atom. The normalized spacial score (nSPS) is 28.4. The lowest BCUT2D eigenvalue weighted by Crippen LogP contribution is -2.63. The van der Waals surface area contributed by atoms with E-state index in [2.05, 4.69) is 0 Å². The van der Waals surface area contributed by atoms with Crippen LogP contribution in [0.3, 0.4) is 0 Å². The van der Waals surface area contributed by atoms with Crippen LogP contribution in [-0.4, -0.2) is 35.9 Å². The van der Waals surface area contributed by atoms with E-state index in [1.807, 2.05) is 0 Å². The van der Waals surface area contributed by atoms with Gasteiger partial charge in [-0.1, -0.05) is 0 Å². The highest BCUT2D eigenvalue weighted by Crippen LogP contribution is 2.42. The molecule has 5 heteroatoms. The summed E-state index contributed by atoms with van der Waals surface area (Å²) in [6.07, 6.45) is -0.563. The Balaban J connectivity index is 2.69. The predicted molar refractivity (Wildman–Crippen MR) is 52.8 cm³/mol. The quantitative estimate of drug-likeness (QED) is 0.758. The summed E-state index contributed by atoms with van der Waals surface area (Å²) >= 11 is 0. The molecule has 0 heterocycles. The molecule has 0 radical (unpaired) electrons. The minimum absolute atomic E-state index is 0.0242. The van der Waals surface area contributed by atoms with Gasteiger partial charge in [0.05, 0.1) is 17.7 Å². The molecule has 1 aliphatic carbocycles. The lowest BCUT2D eigenvalue weighted by Gasteiger charge is -2.46. The molecule has 1 atom stereocenters. The van der Waals surface area contributed by atoms with Crippen molar-refractivity contribution in [2.45, 2.75) is 49.7 Å². The fourth-order valence-electron chi connectivity index (χ4n) is 2.03. The second-order valence-electron chi connectivity index (χ2n) is 4.74. The Morgan fingerprint density at radius 3 is 2.20 bits per heavy atom. The third kappa shape index (κ3) is 2.65. The van der Waals surface area contributed by atoms with Crippen molar-refractivity contribution in [3.63, 3.8) is 0 Å². The Labute approximate surface area is 88.6 Å². The first-order valence-corrected chi connectivity index (χ1v) is 5.10. The van der Waals surface area contributed by atoms with Crippen molar-refractivity contribution in [3.8, 4) is 0 Å². The molecule has 1 rings (SSSR count). The van der Waals surface area contributed by atoms with Crippen LogP contribution in [0.25, 0.3) is 0 Å². The SMILES string of the molecule is COCC(C)(N)C1(O)CCC(F)(F)CC1. The van der Waals surface area contributed by atoms with Gasteiger partial charge in [-0.05, 0) is 19.8 Å². The highest BCUT2D eigenvalue weighted by molar-refractivity contribution is 5.04. The molecule has 0 aliphatic heterocycles. The van der Waals surface area contributed by atoms with Crippen molar-refractivity contribution < 1.29 is 18.6 Å². The van der Waals surface area contributed by atoms with Crippen LogP contribution < -0.4 is 5.73 Å². The minimum atomic E-state index is -2.66. The van der Waals surface area contributed by atoms with Gasteiger partial charge in [0, 0.05) is 20.0 Å². The molecule has 0 saturated heterocycles. The zero-order chi connectivity index (χ0) is 11.7. The van der Waals surface area contributed by atoms with Gasteiger partial charge >= 0.3 is 0 Å². The smallest absolute Gasteiger partial charge is 0.248 e. The van der Waals surface area contributed by atoms with Crippen LogP contribution >= 0.6 is 0 Å². The van der Waals surface area contributed by atoms with Crippen LogP contribution in [0.15, 0.2) is 0 Å². The van der Waals surface area contributed by atoms with Gasteiger partial charge in [-0.15, -0.1) is 0 Å². The summed E-state index contributed by atoms with van der Waals surface area (Å²) in [5.74, 6) is -2.66. The van der Waals surface area contributed by atoms with E-state index in [4.69, 9.17) is 10.5 Å². The Morgan fingerprint density at radius 2 is 1.80 bits per heavy atom. The zero-order valence-electron chi connectivity index (χ0n) is 9.22. The summed E-state index contributed by atoms with van der Waals surface area (Å²) in [4.78, 5) is 0. The third-order valence-corrected chi connectivity index (χ3v) is 3.32. The summed E-state index contributed by atoms with van der Waals surface area (Å²) in [6.45, 7) is 1.80. The fraction of sp³-hybridized carbons (Fsp3) is 1.00. The summed E-state index contributed by atoms with van der Waals surface area (Å²) < 4.78 is 30.8. The first-order chi connectivity index (χ1) is 6.72. The number of hydrogen-bond acceptors (Lipinski definition) is 3. The maximum Gasteiger partial charge on any atom is 0.248 e. The number of aliphatic hydroxyl groups is 1. The molecule has 1 fully saturated rings. The summed E-state index contributed by atoms with van der Waals surface area (Å²) in [5, 5.41) is 10.2. The topological polar surface area (TPSA) is 55.5 Å². The molecule has 0 aromatic heterocycles. The number of rotatable bonds is 3. The number of hydrogen-bond donors (Lipinski definition) is 2. The molecule has 1 aliphatic rings. The molecule has 1 unspecified atom stereocenters. The molecular weight excluding hydrogens is 204 g/mol. The predicted octanol–water partition coefficient (Wildman–Crippen LogP) is 1.29. The van der Waals surface area contributed by atoms with Crippen LogP contribution in [-0.2, 0) is 4.74 Å². The first-order valence-electron chi connectivity index (χ1n) is 5.10. The van der Waals surface area contributed by atoms with E-state index < -0.39 is 17.1 Å². The molecular formula is C10H19F2NO2. The van der Waals surface area contributed by atoms with Gasteiger partial charge in [-0.2, -0.15) is 0 Å². The standard InChI is InChI=1S/C10H19F2NO2/c1-8(13,7-15-2)9(14)3-5-10(11,12)6-4-9/h14H,3-7,13H2,1-2H3. The van der Waals surface area contributed by atoms with Gasteiger partial charge in [0.2, 0.25) is 5.92 Å². The third-order valence-electron chi connectivity index (χ3n) is 3.32. The van der Waals surface area contributed by atoms with E-state index in [-0.39, 0.29) is 32.3 Å². The summed E-state index contributed by atoms with van der Waals surface area (Å²) in [7, 11) is 1.48. The highest BCUT2D eigenvalue weighted by Gasteiger charge is 2.50. The van der Waals surface area contributed by atoms with E-state index in [9.17, 15) is 13.9 Å². The molecule has 0 spiro atoms. The average Bonchev–Trinajstić information content (AvgIpc) is 2.10. The van der Waals surface area contributed by atoms with Crippen LogP contribution in [0.4, 0.5) is 8.78 Å². The lowest BCUT2D eigenvalue weighted by molar-refractivity contribution is -0.139. The molecule has 1 saturated carbocycles. The van der Waals surface area contributed by atoms with Crippen molar-refractivity contribution >= 4 is 0 Å². The van der Waals surface area contributed by atoms with Gasteiger partial charge in [-0.25, -0.2) is 8.78 Å². The van der Waals surface area contributed by atoms with E-state index in [0.717, 1.165) is 0 Å². The molecule has 15 heavy (non-hydrogen) atoms. The summed E-state index contributed by atoms with van der Waals surface area (Å²) in [6, 6.07) is 0. The van der Waals surface area contributed by atoms with Crippen LogP contribution in [0.1, 0.15) is 32.6 Å². The number of halogens is 2. The van der Waals surface area contributed by atoms with Crippen molar-refractivity contribution in [2.24, 2.45) is 5.73 Å². The van der Waals surface area contributed by atoms with E-state index in [0.29, 0.717) is 0 Å². The van der Waals surface area contributed by atoms with Crippen LogP contribution in [0.2, 0.25) is 0 Å². The van der Waals surface area contributed by atoms with Gasteiger partial charge in [0.1, 0.15) is 0 Å². The Hall–Kier alpha value is -0.260. The first kappa shape index (κ1) is 12.8. The van der Waals surface area contributed by atoms with Crippen molar-refractivity contribution in [1.29, 1.82) is 0 Å². The molecule has 0 bridgehead atoms. The Bertz CT molecular complexity index is 221.